The molecular formula is C16H24N2O3. The van der Waals surface area contributed by atoms with E-state index in [0.717, 1.165) is 37.2 Å². The van der Waals surface area contributed by atoms with Gasteiger partial charge in [-0.15, -0.1) is 0 Å². The summed E-state index contributed by atoms with van der Waals surface area (Å²) in [6, 6.07) is 7.73. The molecule has 21 heavy (non-hydrogen) atoms. The van der Waals surface area contributed by atoms with Crippen molar-refractivity contribution >= 4 is 5.91 Å². The van der Waals surface area contributed by atoms with Crippen LogP contribution < -0.4 is 10.1 Å². The highest BCUT2D eigenvalue weighted by molar-refractivity contribution is 5.78. The van der Waals surface area contributed by atoms with Gasteiger partial charge in [0.25, 0.3) is 0 Å². The van der Waals surface area contributed by atoms with Crippen LogP contribution in [0.5, 0.6) is 5.75 Å². The van der Waals surface area contributed by atoms with Crippen molar-refractivity contribution in [2.75, 3.05) is 33.9 Å². The number of para-hydroxylation sites is 1. The molecule has 1 aliphatic heterocycles. The molecule has 5 heteroatoms. The first-order valence-electron chi connectivity index (χ1n) is 7.36. The van der Waals surface area contributed by atoms with Crippen molar-refractivity contribution in [3.8, 4) is 5.75 Å². The number of hydrogen-bond acceptors (Lipinski definition) is 4. The third-order valence-electron chi connectivity index (χ3n) is 3.90. The molecule has 0 unspecified atom stereocenters. The maximum atomic E-state index is 12.0. The Morgan fingerprint density at radius 3 is 2.67 bits per heavy atom. The first-order chi connectivity index (χ1) is 10.2. The summed E-state index contributed by atoms with van der Waals surface area (Å²) in [5, 5.41) is 2.95. The van der Waals surface area contributed by atoms with Crippen LogP contribution in [0.15, 0.2) is 24.3 Å². The van der Waals surface area contributed by atoms with E-state index >= 15 is 0 Å². The van der Waals surface area contributed by atoms with Crippen molar-refractivity contribution in [1.82, 2.24) is 10.2 Å². The number of ether oxygens (including phenoxy) is 2. The predicted molar refractivity (Wildman–Crippen MR) is 81.3 cm³/mol. The number of nitrogens with zero attached hydrogens (tertiary/aromatic N) is 1. The molecule has 0 bridgehead atoms. The van der Waals surface area contributed by atoms with Gasteiger partial charge < -0.3 is 14.8 Å². The van der Waals surface area contributed by atoms with Crippen molar-refractivity contribution in [1.29, 1.82) is 0 Å². The lowest BCUT2D eigenvalue weighted by molar-refractivity contribution is -0.123. The Labute approximate surface area is 126 Å². The number of nitrogens with one attached hydrogen (secondary N) is 1. The minimum absolute atomic E-state index is 0.0526. The summed E-state index contributed by atoms with van der Waals surface area (Å²) in [5.74, 6) is 0.857. The molecule has 0 aromatic heterocycles. The van der Waals surface area contributed by atoms with Crippen LogP contribution in [0.4, 0.5) is 0 Å². The molecule has 0 atom stereocenters. The van der Waals surface area contributed by atoms with Crippen LogP contribution in [0, 0.1) is 0 Å². The number of amides is 1. The SMILES string of the molecule is COc1ccccc1CNC(=O)CN1CCC(OC)CC1. The number of carbonyl (C=O) groups excluding carboxylic acids is 1. The monoisotopic (exact) mass is 292 g/mol. The van der Waals surface area contributed by atoms with E-state index in [1.54, 1.807) is 14.2 Å². The molecule has 1 aliphatic rings. The Hall–Kier alpha value is -1.59. The fourth-order valence-corrected chi connectivity index (χ4v) is 2.60. The molecule has 0 saturated carbocycles. The van der Waals surface area contributed by atoms with E-state index in [1.807, 2.05) is 24.3 Å². The minimum atomic E-state index is 0.0526. The molecule has 116 valence electrons. The topological polar surface area (TPSA) is 50.8 Å². The smallest absolute Gasteiger partial charge is 0.234 e. The second kappa shape index (κ2) is 8.00. The molecular weight excluding hydrogens is 268 g/mol. The summed E-state index contributed by atoms with van der Waals surface area (Å²) in [5.41, 5.74) is 0.992. The van der Waals surface area contributed by atoms with Gasteiger partial charge in [0.15, 0.2) is 0 Å². The molecule has 1 amide bonds. The van der Waals surface area contributed by atoms with Gasteiger partial charge in [0, 0.05) is 32.3 Å². The second-order valence-electron chi connectivity index (χ2n) is 5.30. The summed E-state index contributed by atoms with van der Waals surface area (Å²) in [4.78, 5) is 14.2. The van der Waals surface area contributed by atoms with Crippen LogP contribution in [-0.2, 0) is 16.1 Å². The van der Waals surface area contributed by atoms with Gasteiger partial charge in [0.2, 0.25) is 5.91 Å². The van der Waals surface area contributed by atoms with Crippen molar-refractivity contribution in [3.63, 3.8) is 0 Å². The number of benzene rings is 1. The average Bonchev–Trinajstić information content (AvgIpc) is 2.54. The summed E-state index contributed by atoms with van der Waals surface area (Å²) >= 11 is 0. The molecule has 1 aromatic carbocycles. The number of carbonyl (C=O) groups is 1. The maximum Gasteiger partial charge on any atom is 0.234 e. The highest BCUT2D eigenvalue weighted by Gasteiger charge is 2.20. The zero-order chi connectivity index (χ0) is 15.1. The second-order valence-corrected chi connectivity index (χ2v) is 5.30. The number of methoxy groups -OCH3 is 2. The third-order valence-corrected chi connectivity index (χ3v) is 3.90. The van der Waals surface area contributed by atoms with Crippen molar-refractivity contribution in [2.45, 2.75) is 25.5 Å². The Balaban J connectivity index is 1.75. The number of likely N-dealkylation sites (tertiary alicyclic amines) is 1. The molecule has 0 radical (unpaired) electrons. The van der Waals surface area contributed by atoms with E-state index in [0.29, 0.717) is 19.2 Å². The largest absolute Gasteiger partial charge is 0.496 e. The first kappa shape index (κ1) is 15.8. The highest BCUT2D eigenvalue weighted by atomic mass is 16.5. The van der Waals surface area contributed by atoms with Crippen LogP contribution in [0.1, 0.15) is 18.4 Å². The lowest BCUT2D eigenvalue weighted by Crippen LogP contribution is -2.42. The van der Waals surface area contributed by atoms with E-state index in [2.05, 4.69) is 10.2 Å². The normalized spacial score (nSPS) is 16.7. The van der Waals surface area contributed by atoms with Gasteiger partial charge in [0.1, 0.15) is 5.75 Å². The Kier molecular flexibility index (Phi) is 6.02. The predicted octanol–water partition coefficient (Wildman–Crippen LogP) is 1.42. The molecule has 5 nitrogen and oxygen atoms in total. The third kappa shape index (κ3) is 4.72. The summed E-state index contributed by atoms with van der Waals surface area (Å²) < 4.78 is 10.6. The van der Waals surface area contributed by atoms with Crippen molar-refractivity contribution in [2.24, 2.45) is 0 Å². The maximum absolute atomic E-state index is 12.0. The molecule has 1 fully saturated rings. The van der Waals surface area contributed by atoms with Gasteiger partial charge in [-0.1, -0.05) is 18.2 Å². The zero-order valence-corrected chi connectivity index (χ0v) is 12.8. The zero-order valence-electron chi connectivity index (χ0n) is 12.8. The molecule has 1 aromatic rings. The molecule has 1 N–H and O–H groups in total. The number of hydrogen-bond donors (Lipinski definition) is 1. The lowest BCUT2D eigenvalue weighted by atomic mass is 10.1. The van der Waals surface area contributed by atoms with Gasteiger partial charge in [-0.05, 0) is 18.9 Å². The van der Waals surface area contributed by atoms with E-state index in [1.165, 1.54) is 0 Å². The molecule has 1 saturated heterocycles. The minimum Gasteiger partial charge on any atom is -0.496 e. The number of rotatable bonds is 6. The fraction of sp³-hybridized carbons (Fsp3) is 0.562. The quantitative estimate of drug-likeness (QED) is 0.861. The van der Waals surface area contributed by atoms with Crippen LogP contribution in [0.3, 0.4) is 0 Å². The van der Waals surface area contributed by atoms with Crippen LogP contribution >= 0.6 is 0 Å². The van der Waals surface area contributed by atoms with Crippen LogP contribution in [-0.4, -0.2) is 50.8 Å². The molecule has 0 aliphatic carbocycles. The number of piperidine rings is 1. The van der Waals surface area contributed by atoms with Crippen LogP contribution in [0.2, 0.25) is 0 Å². The Bertz CT molecular complexity index is 457. The van der Waals surface area contributed by atoms with Crippen LogP contribution in [0.25, 0.3) is 0 Å². The van der Waals surface area contributed by atoms with E-state index in [-0.39, 0.29) is 5.91 Å². The van der Waals surface area contributed by atoms with Gasteiger partial charge >= 0.3 is 0 Å². The van der Waals surface area contributed by atoms with Gasteiger partial charge in [-0.3, -0.25) is 9.69 Å². The van der Waals surface area contributed by atoms with E-state index in [4.69, 9.17) is 9.47 Å². The first-order valence-corrected chi connectivity index (χ1v) is 7.36. The molecule has 2 rings (SSSR count). The standard InChI is InChI=1S/C16H24N2O3/c1-20-14-7-9-18(10-8-14)12-16(19)17-11-13-5-3-4-6-15(13)21-2/h3-6,14H,7-12H2,1-2H3,(H,17,19). The lowest BCUT2D eigenvalue weighted by Gasteiger charge is -2.30. The van der Waals surface area contributed by atoms with Gasteiger partial charge in [0.05, 0.1) is 19.8 Å². The van der Waals surface area contributed by atoms with Crippen molar-refractivity contribution < 1.29 is 14.3 Å². The molecule has 0 spiro atoms. The summed E-state index contributed by atoms with van der Waals surface area (Å²) in [6.07, 6.45) is 2.34. The summed E-state index contributed by atoms with van der Waals surface area (Å²) in [6.45, 7) is 2.78. The average molecular weight is 292 g/mol. The van der Waals surface area contributed by atoms with E-state index < -0.39 is 0 Å². The van der Waals surface area contributed by atoms with E-state index in [9.17, 15) is 4.79 Å². The molecule has 1 heterocycles. The Morgan fingerprint density at radius 1 is 1.29 bits per heavy atom. The Morgan fingerprint density at radius 2 is 2.00 bits per heavy atom. The highest BCUT2D eigenvalue weighted by Crippen LogP contribution is 2.16. The summed E-state index contributed by atoms with van der Waals surface area (Å²) in [7, 11) is 3.39. The van der Waals surface area contributed by atoms with Crippen molar-refractivity contribution in [3.05, 3.63) is 29.8 Å². The van der Waals surface area contributed by atoms with Gasteiger partial charge in [-0.2, -0.15) is 0 Å². The fourth-order valence-electron chi connectivity index (χ4n) is 2.60. The van der Waals surface area contributed by atoms with Gasteiger partial charge in [-0.25, -0.2) is 0 Å².